The van der Waals surface area contributed by atoms with Gasteiger partial charge in [0.2, 0.25) is 0 Å². The summed E-state index contributed by atoms with van der Waals surface area (Å²) < 4.78 is 17.3. The van der Waals surface area contributed by atoms with E-state index in [-0.39, 0.29) is 11.5 Å². The Hall–Kier alpha value is -2.71. The molecule has 3 aromatic heterocycles. The predicted octanol–water partition coefficient (Wildman–Crippen LogP) is 2.73. The highest BCUT2D eigenvalue weighted by atomic mass is 32.1. The molecular formula is C17H16FN5OS. The zero-order valence-electron chi connectivity index (χ0n) is 13.3. The molecule has 128 valence electrons. The molecule has 3 heterocycles. The van der Waals surface area contributed by atoms with Crippen molar-refractivity contribution in [3.05, 3.63) is 58.2 Å². The van der Waals surface area contributed by atoms with E-state index in [0.29, 0.717) is 30.0 Å². The van der Waals surface area contributed by atoms with Crippen molar-refractivity contribution < 1.29 is 4.39 Å². The van der Waals surface area contributed by atoms with Crippen LogP contribution in [0.1, 0.15) is 6.42 Å². The molecule has 4 aromatic rings. The number of nitrogens with zero attached hydrogens (tertiary/aromatic N) is 3. The van der Waals surface area contributed by atoms with Gasteiger partial charge in [-0.25, -0.2) is 18.9 Å². The lowest BCUT2D eigenvalue weighted by Crippen LogP contribution is -2.15. The van der Waals surface area contributed by atoms with Crippen LogP contribution in [-0.4, -0.2) is 25.9 Å². The topological polar surface area (TPSA) is 81.6 Å². The third-order valence-corrected chi connectivity index (χ3v) is 4.95. The Bertz CT molecular complexity index is 1080. The van der Waals surface area contributed by atoms with E-state index in [2.05, 4.69) is 10.2 Å². The molecule has 0 unspecified atom stereocenters. The van der Waals surface area contributed by atoms with Crippen molar-refractivity contribution in [2.24, 2.45) is 5.73 Å². The van der Waals surface area contributed by atoms with Gasteiger partial charge in [0.1, 0.15) is 5.82 Å². The number of nitrogens with one attached hydrogen (secondary N) is 1. The summed E-state index contributed by atoms with van der Waals surface area (Å²) >= 11 is 1.49. The highest BCUT2D eigenvalue weighted by molar-refractivity contribution is 7.13. The van der Waals surface area contributed by atoms with Crippen LogP contribution in [0.15, 0.2) is 46.7 Å². The fourth-order valence-corrected chi connectivity index (χ4v) is 3.67. The number of benzene rings is 1. The second-order valence-electron chi connectivity index (χ2n) is 5.68. The monoisotopic (exact) mass is 357 g/mol. The molecule has 0 aliphatic heterocycles. The summed E-state index contributed by atoms with van der Waals surface area (Å²) in [5.74, 6) is 0.168. The summed E-state index contributed by atoms with van der Waals surface area (Å²) in [7, 11) is 0. The fourth-order valence-electron chi connectivity index (χ4n) is 2.97. The summed E-state index contributed by atoms with van der Waals surface area (Å²) in [6.45, 7) is 1.25. The number of aryl methyl sites for hydroxylation is 1. The second kappa shape index (κ2) is 6.30. The lowest BCUT2D eigenvalue weighted by Gasteiger charge is -2.03. The first-order valence-corrected chi connectivity index (χ1v) is 8.77. The predicted molar refractivity (Wildman–Crippen MR) is 96.6 cm³/mol. The van der Waals surface area contributed by atoms with Gasteiger partial charge in [0.15, 0.2) is 5.82 Å². The molecule has 3 N–H and O–H groups in total. The first-order valence-electron chi connectivity index (χ1n) is 7.89. The van der Waals surface area contributed by atoms with Crippen LogP contribution in [0.4, 0.5) is 4.39 Å². The van der Waals surface area contributed by atoms with Gasteiger partial charge in [-0.1, -0.05) is 6.07 Å². The van der Waals surface area contributed by atoms with Crippen molar-refractivity contribution >= 4 is 22.2 Å². The Balaban J connectivity index is 1.97. The number of aromatic nitrogens is 4. The van der Waals surface area contributed by atoms with E-state index in [4.69, 9.17) is 5.73 Å². The van der Waals surface area contributed by atoms with Gasteiger partial charge in [0.05, 0.1) is 16.1 Å². The highest BCUT2D eigenvalue weighted by Gasteiger charge is 2.18. The molecule has 8 heteroatoms. The van der Waals surface area contributed by atoms with Crippen LogP contribution in [0.5, 0.6) is 0 Å². The van der Waals surface area contributed by atoms with Crippen LogP contribution in [0.3, 0.4) is 0 Å². The number of rotatable bonds is 5. The second-order valence-corrected chi connectivity index (χ2v) is 6.62. The highest BCUT2D eigenvalue weighted by Crippen LogP contribution is 2.29. The van der Waals surface area contributed by atoms with Crippen molar-refractivity contribution in [3.63, 3.8) is 0 Å². The SMILES string of the molecule is NCCCn1cc(-n2c(-c3cccs3)n[nH]c2=O)c2cc(F)ccc21. The van der Waals surface area contributed by atoms with Crippen LogP contribution in [0, 0.1) is 5.82 Å². The van der Waals surface area contributed by atoms with Gasteiger partial charge in [-0.3, -0.25) is 0 Å². The van der Waals surface area contributed by atoms with Crippen LogP contribution in [-0.2, 0) is 6.54 Å². The van der Waals surface area contributed by atoms with Gasteiger partial charge < -0.3 is 10.3 Å². The van der Waals surface area contributed by atoms with Crippen molar-refractivity contribution in [1.82, 2.24) is 19.3 Å². The van der Waals surface area contributed by atoms with E-state index in [9.17, 15) is 9.18 Å². The van der Waals surface area contributed by atoms with Crippen molar-refractivity contribution in [2.45, 2.75) is 13.0 Å². The van der Waals surface area contributed by atoms with Crippen LogP contribution in [0.25, 0.3) is 27.3 Å². The molecule has 0 fully saturated rings. The maximum atomic E-state index is 13.9. The average molecular weight is 357 g/mol. The number of nitrogens with two attached hydrogens (primary N) is 1. The molecule has 0 aliphatic rings. The first-order chi connectivity index (χ1) is 12.2. The van der Waals surface area contributed by atoms with Gasteiger partial charge in [0.25, 0.3) is 0 Å². The molecule has 6 nitrogen and oxygen atoms in total. The molecule has 0 bridgehead atoms. The van der Waals surface area contributed by atoms with Crippen molar-refractivity contribution in [1.29, 1.82) is 0 Å². The smallest absolute Gasteiger partial charge is 0.345 e. The van der Waals surface area contributed by atoms with E-state index in [0.717, 1.165) is 16.8 Å². The number of hydrogen-bond donors (Lipinski definition) is 2. The Morgan fingerprint density at radius 3 is 2.96 bits per heavy atom. The molecule has 1 aromatic carbocycles. The number of fused-ring (bicyclic) bond motifs is 1. The van der Waals surface area contributed by atoms with Crippen LogP contribution < -0.4 is 11.4 Å². The first kappa shape index (κ1) is 15.8. The van der Waals surface area contributed by atoms with Gasteiger partial charge >= 0.3 is 5.69 Å². The van der Waals surface area contributed by atoms with Crippen molar-refractivity contribution in [2.75, 3.05) is 6.54 Å². The lowest BCUT2D eigenvalue weighted by molar-refractivity contribution is 0.629. The Morgan fingerprint density at radius 1 is 1.32 bits per heavy atom. The van der Waals surface area contributed by atoms with E-state index < -0.39 is 0 Å². The summed E-state index contributed by atoms with van der Waals surface area (Å²) in [4.78, 5) is 13.3. The molecule has 0 atom stereocenters. The molecule has 0 radical (unpaired) electrons. The third-order valence-electron chi connectivity index (χ3n) is 4.08. The summed E-state index contributed by atoms with van der Waals surface area (Å²) in [5, 5.41) is 9.23. The quantitative estimate of drug-likeness (QED) is 0.576. The van der Waals surface area contributed by atoms with Gasteiger partial charge in [-0.2, -0.15) is 5.10 Å². The Kier molecular flexibility index (Phi) is 3.98. The molecule has 0 aliphatic carbocycles. The molecule has 0 amide bonds. The van der Waals surface area contributed by atoms with Crippen LogP contribution >= 0.6 is 11.3 Å². The van der Waals surface area contributed by atoms with Crippen molar-refractivity contribution in [3.8, 4) is 16.4 Å². The molecule has 0 saturated heterocycles. The standard InChI is InChI=1S/C17H16FN5OS/c18-11-4-5-13-12(9-11)14(10-22(13)7-2-6-19)23-16(20-21-17(23)24)15-3-1-8-25-15/h1,3-5,8-10H,2,6-7,19H2,(H,21,24). The zero-order chi connectivity index (χ0) is 17.4. The number of halogens is 1. The van der Waals surface area contributed by atoms with E-state index in [1.165, 1.54) is 28.0 Å². The van der Waals surface area contributed by atoms with E-state index >= 15 is 0 Å². The Morgan fingerprint density at radius 2 is 2.20 bits per heavy atom. The lowest BCUT2D eigenvalue weighted by atomic mass is 10.2. The van der Waals surface area contributed by atoms with E-state index in [1.54, 1.807) is 6.07 Å². The van der Waals surface area contributed by atoms with Crippen LogP contribution in [0.2, 0.25) is 0 Å². The van der Waals surface area contributed by atoms with Gasteiger partial charge in [-0.15, -0.1) is 11.3 Å². The minimum absolute atomic E-state index is 0.348. The number of aromatic amines is 1. The molecule has 0 saturated carbocycles. The third kappa shape index (κ3) is 2.69. The minimum atomic E-state index is -0.356. The van der Waals surface area contributed by atoms with E-state index in [1.807, 2.05) is 28.3 Å². The summed E-state index contributed by atoms with van der Waals surface area (Å²) in [5.41, 5.74) is 6.72. The normalized spacial score (nSPS) is 11.4. The number of thiophene rings is 1. The van der Waals surface area contributed by atoms with Gasteiger partial charge in [0, 0.05) is 18.1 Å². The maximum absolute atomic E-state index is 13.9. The molecular weight excluding hydrogens is 341 g/mol. The summed E-state index contributed by atoms with van der Waals surface area (Å²) in [6.07, 6.45) is 2.65. The number of hydrogen-bond acceptors (Lipinski definition) is 4. The van der Waals surface area contributed by atoms with Gasteiger partial charge in [-0.05, 0) is 42.6 Å². The molecule has 0 spiro atoms. The maximum Gasteiger partial charge on any atom is 0.348 e. The average Bonchev–Trinajstić information content (AvgIpc) is 3.31. The largest absolute Gasteiger partial charge is 0.348 e. The number of H-pyrrole nitrogens is 1. The minimum Gasteiger partial charge on any atom is -0.345 e. The zero-order valence-corrected chi connectivity index (χ0v) is 14.1. The molecule has 4 rings (SSSR count). The fraction of sp³-hybridized carbons (Fsp3) is 0.176. The summed E-state index contributed by atoms with van der Waals surface area (Å²) in [6, 6.07) is 8.38. The Labute approximate surface area is 146 Å². The molecule has 25 heavy (non-hydrogen) atoms.